The first-order chi connectivity index (χ1) is 14.1. The minimum atomic E-state index is -0.242. The molecule has 0 fully saturated rings. The molecule has 0 saturated heterocycles. The Morgan fingerprint density at radius 3 is 2.55 bits per heavy atom. The number of amides is 1. The van der Waals surface area contributed by atoms with Crippen molar-refractivity contribution in [2.45, 2.75) is 32.2 Å². The van der Waals surface area contributed by atoms with E-state index in [2.05, 4.69) is 27.4 Å². The molecule has 0 spiro atoms. The number of aromatic nitrogens is 3. The lowest BCUT2D eigenvalue weighted by Crippen LogP contribution is -2.30. The quantitative estimate of drug-likeness (QED) is 0.634. The Bertz CT molecular complexity index is 929. The van der Waals surface area contributed by atoms with Gasteiger partial charge in [-0.1, -0.05) is 37.3 Å². The normalized spacial score (nSPS) is 11.7. The van der Waals surface area contributed by atoms with Gasteiger partial charge in [0.1, 0.15) is 5.82 Å². The standard InChI is InChI=1S/C23H27N5O/c1-4-9-22(29)25-19(14-17-10-6-5-7-11-17)20-15-21(28(2)3)27-23(26-20)18-12-8-13-24-16-18/h5-8,10-13,15-16,19H,4,9,14H2,1-3H3,(H,25,29)/t19-/m0/s1. The molecule has 150 valence electrons. The molecule has 0 radical (unpaired) electrons. The van der Waals surface area contributed by atoms with E-state index in [4.69, 9.17) is 4.98 Å². The summed E-state index contributed by atoms with van der Waals surface area (Å²) in [6.45, 7) is 2.00. The first kappa shape index (κ1) is 20.5. The molecule has 1 aromatic carbocycles. The van der Waals surface area contributed by atoms with Gasteiger partial charge in [-0.25, -0.2) is 9.97 Å². The number of pyridine rings is 1. The van der Waals surface area contributed by atoms with Gasteiger partial charge in [0.2, 0.25) is 5.91 Å². The van der Waals surface area contributed by atoms with Crippen molar-refractivity contribution < 1.29 is 4.79 Å². The van der Waals surface area contributed by atoms with E-state index in [1.54, 1.807) is 12.4 Å². The van der Waals surface area contributed by atoms with Crippen molar-refractivity contribution in [3.8, 4) is 11.4 Å². The second kappa shape index (κ2) is 9.78. The molecule has 3 aromatic rings. The summed E-state index contributed by atoms with van der Waals surface area (Å²) in [5, 5.41) is 3.16. The van der Waals surface area contributed by atoms with E-state index >= 15 is 0 Å². The van der Waals surface area contributed by atoms with Crippen molar-refractivity contribution in [3.05, 3.63) is 72.2 Å². The van der Waals surface area contributed by atoms with Crippen molar-refractivity contribution in [1.29, 1.82) is 0 Å². The largest absolute Gasteiger partial charge is 0.363 e. The van der Waals surface area contributed by atoms with Crippen molar-refractivity contribution in [2.75, 3.05) is 19.0 Å². The topological polar surface area (TPSA) is 71.0 Å². The molecule has 29 heavy (non-hydrogen) atoms. The molecule has 0 aliphatic carbocycles. The van der Waals surface area contributed by atoms with Gasteiger partial charge in [0, 0.05) is 44.5 Å². The Balaban J connectivity index is 2.02. The van der Waals surface area contributed by atoms with Crippen LogP contribution in [-0.2, 0) is 11.2 Å². The van der Waals surface area contributed by atoms with Gasteiger partial charge < -0.3 is 10.2 Å². The molecule has 3 rings (SSSR count). The van der Waals surface area contributed by atoms with Crippen LogP contribution in [0.3, 0.4) is 0 Å². The average molecular weight is 390 g/mol. The highest BCUT2D eigenvalue weighted by atomic mass is 16.1. The second-order valence-electron chi connectivity index (χ2n) is 7.17. The lowest BCUT2D eigenvalue weighted by Gasteiger charge is -2.21. The van der Waals surface area contributed by atoms with Gasteiger partial charge in [0.05, 0.1) is 11.7 Å². The van der Waals surface area contributed by atoms with Gasteiger partial charge in [-0.3, -0.25) is 9.78 Å². The average Bonchev–Trinajstić information content (AvgIpc) is 2.74. The molecule has 6 nitrogen and oxygen atoms in total. The summed E-state index contributed by atoms with van der Waals surface area (Å²) in [5.74, 6) is 1.42. The minimum Gasteiger partial charge on any atom is -0.363 e. The van der Waals surface area contributed by atoms with Crippen LogP contribution in [0.25, 0.3) is 11.4 Å². The lowest BCUT2D eigenvalue weighted by atomic mass is 10.0. The Morgan fingerprint density at radius 2 is 1.90 bits per heavy atom. The van der Waals surface area contributed by atoms with Crippen molar-refractivity contribution >= 4 is 11.7 Å². The van der Waals surface area contributed by atoms with E-state index in [0.29, 0.717) is 18.7 Å². The minimum absolute atomic E-state index is 0.0291. The fourth-order valence-electron chi connectivity index (χ4n) is 3.06. The summed E-state index contributed by atoms with van der Waals surface area (Å²) < 4.78 is 0. The summed E-state index contributed by atoms with van der Waals surface area (Å²) in [6, 6.07) is 15.6. The van der Waals surface area contributed by atoms with Gasteiger partial charge in [-0.05, 0) is 30.5 Å². The summed E-state index contributed by atoms with van der Waals surface area (Å²) in [7, 11) is 3.89. The second-order valence-corrected chi connectivity index (χ2v) is 7.17. The smallest absolute Gasteiger partial charge is 0.220 e. The molecule has 1 N–H and O–H groups in total. The summed E-state index contributed by atoms with van der Waals surface area (Å²) in [5.41, 5.74) is 2.77. The van der Waals surface area contributed by atoms with Crippen LogP contribution in [0.5, 0.6) is 0 Å². The SMILES string of the molecule is CCCC(=O)N[C@@H](Cc1ccccc1)c1cc(N(C)C)nc(-c2cccnc2)n1. The maximum atomic E-state index is 12.4. The van der Waals surface area contributed by atoms with Crippen LogP contribution < -0.4 is 10.2 Å². The highest BCUT2D eigenvalue weighted by molar-refractivity contribution is 5.76. The van der Waals surface area contributed by atoms with Gasteiger partial charge in [-0.2, -0.15) is 0 Å². The van der Waals surface area contributed by atoms with Gasteiger partial charge in [0.15, 0.2) is 5.82 Å². The Labute approximate surface area is 172 Å². The number of benzene rings is 1. The zero-order valence-corrected chi connectivity index (χ0v) is 17.2. The van der Waals surface area contributed by atoms with E-state index in [1.807, 2.05) is 62.3 Å². The van der Waals surface area contributed by atoms with Crippen molar-refractivity contribution in [3.63, 3.8) is 0 Å². The van der Waals surface area contributed by atoms with Crippen LogP contribution in [0.2, 0.25) is 0 Å². The molecule has 2 heterocycles. The third kappa shape index (κ3) is 5.60. The zero-order chi connectivity index (χ0) is 20.6. The van der Waals surface area contributed by atoms with E-state index in [9.17, 15) is 4.79 Å². The van der Waals surface area contributed by atoms with Crippen LogP contribution in [0.1, 0.15) is 37.1 Å². The number of hydrogen-bond donors (Lipinski definition) is 1. The van der Waals surface area contributed by atoms with Crippen LogP contribution >= 0.6 is 0 Å². The Kier molecular flexibility index (Phi) is 6.89. The summed E-state index contributed by atoms with van der Waals surface area (Å²) in [6.07, 6.45) is 5.43. The number of rotatable bonds is 8. The number of nitrogens with one attached hydrogen (secondary N) is 1. The monoisotopic (exact) mass is 389 g/mol. The third-order valence-corrected chi connectivity index (χ3v) is 4.56. The van der Waals surface area contributed by atoms with Gasteiger partial charge in [0.25, 0.3) is 0 Å². The van der Waals surface area contributed by atoms with E-state index < -0.39 is 0 Å². The molecule has 1 amide bonds. The highest BCUT2D eigenvalue weighted by Gasteiger charge is 2.19. The Morgan fingerprint density at radius 1 is 1.10 bits per heavy atom. The number of carbonyl (C=O) groups is 1. The van der Waals surface area contributed by atoms with Crippen LogP contribution in [0.15, 0.2) is 60.9 Å². The lowest BCUT2D eigenvalue weighted by molar-refractivity contribution is -0.121. The molecule has 0 aliphatic heterocycles. The predicted molar refractivity (Wildman–Crippen MR) is 116 cm³/mol. The molecule has 0 saturated carbocycles. The number of nitrogens with zero attached hydrogens (tertiary/aromatic N) is 4. The van der Waals surface area contributed by atoms with Crippen LogP contribution in [0, 0.1) is 0 Å². The highest BCUT2D eigenvalue weighted by Crippen LogP contribution is 2.24. The first-order valence-corrected chi connectivity index (χ1v) is 9.86. The molecule has 0 unspecified atom stereocenters. The van der Waals surface area contributed by atoms with E-state index in [0.717, 1.165) is 29.1 Å². The summed E-state index contributed by atoms with van der Waals surface area (Å²) >= 11 is 0. The predicted octanol–water partition coefficient (Wildman–Crippen LogP) is 3.80. The number of hydrogen-bond acceptors (Lipinski definition) is 5. The van der Waals surface area contributed by atoms with E-state index in [1.165, 1.54) is 0 Å². The first-order valence-electron chi connectivity index (χ1n) is 9.86. The molecule has 0 aliphatic rings. The van der Waals surface area contributed by atoms with Crippen LogP contribution in [0.4, 0.5) is 5.82 Å². The third-order valence-electron chi connectivity index (χ3n) is 4.56. The Hall–Kier alpha value is -3.28. The fraction of sp³-hybridized carbons (Fsp3) is 0.304. The molecule has 2 aromatic heterocycles. The number of anilines is 1. The van der Waals surface area contributed by atoms with E-state index in [-0.39, 0.29) is 11.9 Å². The molecular formula is C23H27N5O. The molecule has 1 atom stereocenters. The number of carbonyl (C=O) groups excluding carboxylic acids is 1. The maximum Gasteiger partial charge on any atom is 0.220 e. The van der Waals surface area contributed by atoms with Gasteiger partial charge >= 0.3 is 0 Å². The molecular weight excluding hydrogens is 362 g/mol. The van der Waals surface area contributed by atoms with Crippen LogP contribution in [-0.4, -0.2) is 35.0 Å². The molecule has 0 bridgehead atoms. The van der Waals surface area contributed by atoms with Crippen molar-refractivity contribution in [2.24, 2.45) is 0 Å². The fourth-order valence-corrected chi connectivity index (χ4v) is 3.06. The molecule has 6 heteroatoms. The summed E-state index contributed by atoms with van der Waals surface area (Å²) in [4.78, 5) is 28.0. The maximum absolute atomic E-state index is 12.4. The zero-order valence-electron chi connectivity index (χ0n) is 17.2. The van der Waals surface area contributed by atoms with Gasteiger partial charge in [-0.15, -0.1) is 0 Å². The van der Waals surface area contributed by atoms with Crippen molar-refractivity contribution in [1.82, 2.24) is 20.3 Å².